The van der Waals surface area contributed by atoms with Gasteiger partial charge in [0.25, 0.3) is 0 Å². The monoisotopic (exact) mass is 480 g/mol. The lowest BCUT2D eigenvalue weighted by Crippen LogP contribution is -2.39. The van der Waals surface area contributed by atoms with Gasteiger partial charge in [-0.1, -0.05) is 19.9 Å². The molecule has 34 heavy (non-hydrogen) atoms. The summed E-state index contributed by atoms with van der Waals surface area (Å²) in [7, 11) is 3.22. The Balaban J connectivity index is 3.87. The lowest BCUT2D eigenvalue weighted by Gasteiger charge is -2.24. The first kappa shape index (κ1) is 29.3. The number of allylic oxidation sites excluding steroid dienone is 1. The standard InChI is InChI=1S/C24H38F2N6O2/c1-7-10-18(16-34-6)13-21-23(20(27-4)11-9-12-25)19(14-29-30-21)24(26)17(3)32(8-2)22(15-33)31-28-5/h14,18,28,33H,3-4,7-13,15-16H2,1-2,5-6H3/b23-20+,24-19+,31-22-. The quantitative estimate of drug-likeness (QED) is 0.227. The molecule has 0 aliphatic carbocycles. The second-order valence-electron chi connectivity index (χ2n) is 7.71. The van der Waals surface area contributed by atoms with Crippen molar-refractivity contribution < 1.29 is 18.6 Å². The number of hydrogen-bond acceptors (Lipinski definition) is 7. The normalized spacial score (nSPS) is 14.4. The lowest BCUT2D eigenvalue weighted by molar-refractivity contribution is 0.146. The van der Waals surface area contributed by atoms with Gasteiger partial charge in [-0.3, -0.25) is 9.38 Å². The summed E-state index contributed by atoms with van der Waals surface area (Å²) < 4.78 is 34.3. The highest BCUT2D eigenvalue weighted by atomic mass is 19.1. The molecule has 0 aliphatic heterocycles. The number of aromatic nitrogens is 2. The topological polar surface area (TPSA) is 95.2 Å². The Kier molecular flexibility index (Phi) is 13.8. The number of halogens is 2. The maximum absolute atomic E-state index is 16.0. The Hall–Kier alpha value is -2.72. The summed E-state index contributed by atoms with van der Waals surface area (Å²) in [5.74, 6) is -0.307. The Morgan fingerprint density at radius 2 is 2.12 bits per heavy atom. The van der Waals surface area contributed by atoms with Crippen LogP contribution >= 0.6 is 0 Å². The predicted molar refractivity (Wildman–Crippen MR) is 133 cm³/mol. The molecule has 0 aromatic carbocycles. The molecule has 0 fully saturated rings. The van der Waals surface area contributed by atoms with Gasteiger partial charge in [-0.05, 0) is 45.2 Å². The maximum atomic E-state index is 16.0. The molecule has 8 nitrogen and oxygen atoms in total. The average Bonchev–Trinajstić information content (AvgIpc) is 2.84. The van der Waals surface area contributed by atoms with Crippen LogP contribution in [-0.2, 0) is 11.2 Å². The van der Waals surface area contributed by atoms with Crippen LogP contribution in [0.4, 0.5) is 8.78 Å². The van der Waals surface area contributed by atoms with Crippen molar-refractivity contribution in [1.29, 1.82) is 0 Å². The van der Waals surface area contributed by atoms with Crippen molar-refractivity contribution in [2.24, 2.45) is 16.0 Å². The van der Waals surface area contributed by atoms with Crippen molar-refractivity contribution in [1.82, 2.24) is 20.5 Å². The molecule has 0 bridgehead atoms. The third kappa shape index (κ3) is 7.95. The van der Waals surface area contributed by atoms with E-state index < -0.39 is 19.1 Å². The van der Waals surface area contributed by atoms with Crippen LogP contribution in [0, 0.1) is 5.92 Å². The molecule has 0 saturated carbocycles. The fourth-order valence-electron chi connectivity index (χ4n) is 3.85. The summed E-state index contributed by atoms with van der Waals surface area (Å²) in [5.41, 5.74) is 3.60. The molecule has 1 heterocycles. The van der Waals surface area contributed by atoms with E-state index in [1.54, 1.807) is 21.1 Å². The van der Waals surface area contributed by atoms with E-state index in [2.05, 4.69) is 45.9 Å². The van der Waals surface area contributed by atoms with Gasteiger partial charge in [0, 0.05) is 43.4 Å². The zero-order chi connectivity index (χ0) is 25.5. The van der Waals surface area contributed by atoms with Crippen molar-refractivity contribution >= 4 is 24.1 Å². The number of aliphatic hydroxyl groups is 1. The number of nitrogens with zero attached hydrogens (tertiary/aromatic N) is 5. The van der Waals surface area contributed by atoms with Crippen LogP contribution in [0.3, 0.4) is 0 Å². The number of rotatable bonds is 15. The number of alkyl halides is 1. The van der Waals surface area contributed by atoms with Crippen LogP contribution < -0.4 is 15.9 Å². The van der Waals surface area contributed by atoms with E-state index in [1.165, 1.54) is 11.1 Å². The Labute approximate surface area is 200 Å². The van der Waals surface area contributed by atoms with Crippen molar-refractivity contribution in [2.75, 3.05) is 40.6 Å². The number of nitrogens with one attached hydrogen (secondary N) is 1. The Bertz CT molecular complexity index is 945. The SMILES string of the molecule is C=N/C(CCCF)=c1/c(CC(CCC)COC)nnc/c1=C(\F)C(=C)N(CC)/C(CO)=N\NC. The smallest absolute Gasteiger partial charge is 0.155 e. The summed E-state index contributed by atoms with van der Waals surface area (Å²) in [6.45, 7) is 11.3. The molecule has 1 aromatic heterocycles. The maximum Gasteiger partial charge on any atom is 0.155 e. The molecule has 1 rings (SSSR count). The van der Waals surface area contributed by atoms with Crippen LogP contribution in [0.1, 0.15) is 45.2 Å². The highest BCUT2D eigenvalue weighted by Crippen LogP contribution is 2.16. The van der Waals surface area contributed by atoms with E-state index >= 15 is 4.39 Å². The number of amidine groups is 1. The van der Waals surface area contributed by atoms with Crippen molar-refractivity contribution in [3.8, 4) is 0 Å². The summed E-state index contributed by atoms with van der Waals surface area (Å²) >= 11 is 0. The minimum absolute atomic E-state index is 0.00153. The van der Waals surface area contributed by atoms with E-state index in [0.717, 1.165) is 12.8 Å². The fraction of sp³-hybridized carbons (Fsp3) is 0.583. The number of aliphatic hydroxyl groups excluding tert-OH is 1. The first-order valence-electron chi connectivity index (χ1n) is 11.5. The number of aliphatic imine (C=N–C) groups is 1. The highest BCUT2D eigenvalue weighted by molar-refractivity contribution is 5.87. The first-order chi connectivity index (χ1) is 16.4. The van der Waals surface area contributed by atoms with Crippen molar-refractivity contribution in [2.45, 2.75) is 46.0 Å². The number of hydrogen-bond donors (Lipinski definition) is 2. The molecule has 1 unspecified atom stereocenters. The van der Waals surface area contributed by atoms with Gasteiger partial charge in [-0.15, -0.1) is 0 Å². The van der Waals surface area contributed by atoms with Gasteiger partial charge in [-0.2, -0.15) is 15.3 Å². The number of hydrazone groups is 1. The van der Waals surface area contributed by atoms with Gasteiger partial charge >= 0.3 is 0 Å². The zero-order valence-electron chi connectivity index (χ0n) is 20.8. The average molecular weight is 481 g/mol. The molecule has 0 saturated heterocycles. The molecular formula is C24H38F2N6O2. The van der Waals surface area contributed by atoms with Crippen LogP contribution in [0.2, 0.25) is 0 Å². The molecule has 1 aromatic rings. The second-order valence-corrected chi connectivity index (χ2v) is 7.71. The van der Waals surface area contributed by atoms with E-state index in [1.807, 2.05) is 0 Å². The van der Waals surface area contributed by atoms with Crippen molar-refractivity contribution in [3.05, 3.63) is 34.6 Å². The fourth-order valence-corrected chi connectivity index (χ4v) is 3.85. The summed E-state index contributed by atoms with van der Waals surface area (Å²) in [6.07, 6.45) is 4.14. The van der Waals surface area contributed by atoms with E-state index in [-0.39, 0.29) is 35.5 Å². The van der Waals surface area contributed by atoms with Crippen LogP contribution in [0.15, 0.2) is 28.6 Å². The van der Waals surface area contributed by atoms with Gasteiger partial charge in [0.15, 0.2) is 11.7 Å². The zero-order valence-corrected chi connectivity index (χ0v) is 20.8. The van der Waals surface area contributed by atoms with Crippen molar-refractivity contribution in [3.63, 3.8) is 0 Å². The van der Waals surface area contributed by atoms with Crippen LogP contribution in [-0.4, -0.2) is 73.3 Å². The predicted octanol–water partition coefficient (Wildman–Crippen LogP) is 2.08. The minimum Gasteiger partial charge on any atom is -0.388 e. The van der Waals surface area contributed by atoms with E-state index in [9.17, 15) is 9.50 Å². The highest BCUT2D eigenvalue weighted by Gasteiger charge is 2.20. The molecule has 0 aliphatic rings. The third-order valence-electron chi connectivity index (χ3n) is 5.36. The Morgan fingerprint density at radius 1 is 1.38 bits per heavy atom. The van der Waals surface area contributed by atoms with Crippen LogP contribution in [0.25, 0.3) is 11.5 Å². The molecule has 0 spiro atoms. The van der Waals surface area contributed by atoms with Gasteiger partial charge in [0.2, 0.25) is 0 Å². The molecule has 0 amide bonds. The number of likely N-dealkylation sites (N-methyl/N-ethyl adjacent to an activating group) is 1. The summed E-state index contributed by atoms with van der Waals surface area (Å²) in [5, 5.41) is 22.7. The van der Waals surface area contributed by atoms with E-state index in [4.69, 9.17) is 4.74 Å². The molecule has 10 heteroatoms. The number of methoxy groups -OCH3 is 1. The molecule has 1 atom stereocenters. The Morgan fingerprint density at radius 3 is 2.65 bits per heavy atom. The third-order valence-corrected chi connectivity index (χ3v) is 5.36. The number of ether oxygens (including phenoxy) is 1. The van der Waals surface area contributed by atoms with Crippen LogP contribution in [0.5, 0.6) is 0 Å². The van der Waals surface area contributed by atoms with Gasteiger partial charge in [0.1, 0.15) is 6.61 Å². The van der Waals surface area contributed by atoms with Gasteiger partial charge in [0.05, 0.1) is 24.3 Å². The minimum atomic E-state index is -0.662. The molecule has 190 valence electrons. The molecule has 2 N–H and O–H groups in total. The largest absolute Gasteiger partial charge is 0.388 e. The molecular weight excluding hydrogens is 442 g/mol. The lowest BCUT2D eigenvalue weighted by atomic mass is 9.96. The van der Waals surface area contributed by atoms with Gasteiger partial charge in [-0.25, -0.2) is 4.39 Å². The first-order valence-corrected chi connectivity index (χ1v) is 11.5. The van der Waals surface area contributed by atoms with Gasteiger partial charge < -0.3 is 20.2 Å². The van der Waals surface area contributed by atoms with E-state index in [0.29, 0.717) is 36.2 Å². The molecule has 0 radical (unpaired) electrons. The second kappa shape index (κ2) is 16.0. The summed E-state index contributed by atoms with van der Waals surface area (Å²) in [4.78, 5) is 5.57. The summed E-state index contributed by atoms with van der Waals surface area (Å²) in [6, 6.07) is 0.